The van der Waals surface area contributed by atoms with Crippen LogP contribution in [0.4, 0.5) is 0 Å². The number of benzene rings is 4. The van der Waals surface area contributed by atoms with Crippen molar-refractivity contribution in [1.29, 1.82) is 0 Å². The van der Waals surface area contributed by atoms with Crippen molar-refractivity contribution in [1.82, 2.24) is 20.5 Å². The molecule has 6 rings (SSSR count). The van der Waals surface area contributed by atoms with Crippen LogP contribution in [0.25, 0.3) is 10.9 Å². The molecule has 1 aromatic heterocycles. The Bertz CT molecular complexity index is 1920. The van der Waals surface area contributed by atoms with Gasteiger partial charge in [-0.1, -0.05) is 78.9 Å². The zero-order chi connectivity index (χ0) is 34.4. The lowest BCUT2D eigenvalue weighted by Crippen LogP contribution is -2.49. The molecule has 1 aliphatic heterocycles. The van der Waals surface area contributed by atoms with Crippen LogP contribution in [0.15, 0.2) is 114 Å². The molecule has 2 atom stereocenters. The summed E-state index contributed by atoms with van der Waals surface area (Å²) in [5.41, 5.74) is 9.11. The molecule has 7 N–H and O–H groups in total. The molecule has 1 fully saturated rings. The maximum atomic E-state index is 13.3. The van der Waals surface area contributed by atoms with Crippen molar-refractivity contribution in [2.75, 3.05) is 32.7 Å². The number of primary amides is 1. The highest BCUT2D eigenvalue weighted by molar-refractivity contribution is 5.94. The van der Waals surface area contributed by atoms with Gasteiger partial charge >= 0.3 is 0 Å². The third kappa shape index (κ3) is 7.12. The van der Waals surface area contributed by atoms with Crippen LogP contribution in [0.1, 0.15) is 45.1 Å². The largest absolute Gasteiger partial charge is 0.506 e. The number of nitrogens with zero attached hydrogens (tertiary/aromatic N) is 1. The average Bonchev–Trinajstić information content (AvgIpc) is 3.59. The Kier molecular flexibility index (Phi) is 10.2. The Morgan fingerprint density at radius 1 is 0.918 bits per heavy atom. The number of aromatic hydroxyl groups is 1. The zero-order valence-corrected chi connectivity index (χ0v) is 27.1. The average molecular weight is 660 g/mol. The van der Waals surface area contributed by atoms with Gasteiger partial charge < -0.3 is 36.5 Å². The summed E-state index contributed by atoms with van der Waals surface area (Å²) in [6, 6.07) is 32.9. The smallest absolute Gasteiger partial charge is 0.251 e. The molecule has 0 spiro atoms. The molecule has 252 valence electrons. The molecule has 4 aromatic carbocycles. The van der Waals surface area contributed by atoms with E-state index in [1.54, 1.807) is 24.3 Å². The molecular weight excluding hydrogens is 618 g/mol. The summed E-state index contributed by atoms with van der Waals surface area (Å²) in [5.74, 6) is -0.592. The van der Waals surface area contributed by atoms with Crippen LogP contribution in [0, 0.1) is 5.92 Å². The van der Waals surface area contributed by atoms with E-state index in [-0.39, 0.29) is 35.6 Å². The number of rotatable bonds is 13. The topological polar surface area (TPSA) is 161 Å². The Hall–Kier alpha value is -5.29. The van der Waals surface area contributed by atoms with Crippen molar-refractivity contribution < 1.29 is 19.8 Å². The minimum Gasteiger partial charge on any atom is -0.506 e. The normalized spacial score (nSPS) is 15.7. The number of pyridine rings is 1. The van der Waals surface area contributed by atoms with Crippen LogP contribution in [-0.4, -0.2) is 64.6 Å². The number of phenolic OH excluding ortho intramolecular Hbond substituents is 1. The number of aromatic amines is 1. The van der Waals surface area contributed by atoms with E-state index in [9.17, 15) is 24.6 Å². The summed E-state index contributed by atoms with van der Waals surface area (Å²) >= 11 is 0. The van der Waals surface area contributed by atoms with E-state index in [0.717, 1.165) is 29.7 Å². The lowest BCUT2D eigenvalue weighted by Gasteiger charge is -2.37. The Morgan fingerprint density at radius 3 is 2.24 bits per heavy atom. The number of likely N-dealkylation sites (tertiary alicyclic amines) is 1. The number of nitrogens with two attached hydrogens (primary N) is 1. The molecule has 0 unspecified atom stereocenters. The number of aliphatic hydroxyl groups excluding tert-OH is 1. The Morgan fingerprint density at radius 2 is 1.59 bits per heavy atom. The van der Waals surface area contributed by atoms with Crippen LogP contribution >= 0.6 is 0 Å². The highest BCUT2D eigenvalue weighted by atomic mass is 16.3. The standard InChI is InChI=1S/C39H41N5O5/c40-38(49)39(28-7-3-1-4-8-28,29-9-5-2-6-10-29)30-19-21-44(25-30)22-20-42-37(48)27-13-11-26(12-14-27)23-41-24-34(46)31-15-17-33(45)36-32(31)16-18-35(47)43-36/h1-18,30,34,41,45-46H,19-25H2,(H2,40,49)(H,42,48)(H,43,47)/t30-,34+/m1/s1. The quantitative estimate of drug-likeness (QED) is 0.113. The van der Waals surface area contributed by atoms with Gasteiger partial charge in [0, 0.05) is 49.7 Å². The maximum Gasteiger partial charge on any atom is 0.251 e. The van der Waals surface area contributed by atoms with E-state index in [4.69, 9.17) is 5.73 Å². The van der Waals surface area contributed by atoms with Crippen molar-refractivity contribution in [2.45, 2.75) is 24.5 Å². The lowest BCUT2D eigenvalue weighted by atomic mass is 9.64. The second-order valence-electron chi connectivity index (χ2n) is 12.6. The van der Waals surface area contributed by atoms with E-state index in [1.165, 1.54) is 12.1 Å². The van der Waals surface area contributed by atoms with Gasteiger partial charge in [0.25, 0.3) is 5.91 Å². The molecule has 1 saturated heterocycles. The van der Waals surface area contributed by atoms with Crippen molar-refractivity contribution >= 4 is 22.7 Å². The molecule has 10 nitrogen and oxygen atoms in total. The second kappa shape index (κ2) is 14.9. The molecule has 2 heterocycles. The molecular formula is C39H41N5O5. The highest BCUT2D eigenvalue weighted by Gasteiger charge is 2.49. The number of aromatic nitrogens is 1. The molecule has 5 aromatic rings. The third-order valence-corrected chi connectivity index (χ3v) is 9.59. The number of carbonyl (C=O) groups excluding carboxylic acids is 2. The predicted molar refractivity (Wildman–Crippen MR) is 189 cm³/mol. The molecule has 0 bridgehead atoms. The van der Waals surface area contributed by atoms with E-state index in [2.05, 4.69) is 20.5 Å². The van der Waals surface area contributed by atoms with E-state index in [0.29, 0.717) is 48.2 Å². The molecule has 2 amide bonds. The maximum absolute atomic E-state index is 13.3. The molecule has 0 aliphatic carbocycles. The van der Waals surface area contributed by atoms with Gasteiger partial charge in [0.05, 0.1) is 11.6 Å². The first-order valence-corrected chi connectivity index (χ1v) is 16.5. The van der Waals surface area contributed by atoms with E-state index in [1.807, 2.05) is 72.8 Å². The third-order valence-electron chi connectivity index (χ3n) is 9.59. The van der Waals surface area contributed by atoms with Crippen LogP contribution in [0.2, 0.25) is 0 Å². The van der Waals surface area contributed by atoms with Crippen molar-refractivity contribution in [3.8, 4) is 5.75 Å². The molecule has 0 saturated carbocycles. The summed E-state index contributed by atoms with van der Waals surface area (Å²) in [7, 11) is 0. The van der Waals surface area contributed by atoms with Crippen LogP contribution in [0.5, 0.6) is 5.75 Å². The van der Waals surface area contributed by atoms with Crippen molar-refractivity contribution in [3.05, 3.63) is 147 Å². The van der Waals surface area contributed by atoms with E-state index < -0.39 is 11.5 Å². The second-order valence-corrected chi connectivity index (χ2v) is 12.6. The zero-order valence-electron chi connectivity index (χ0n) is 27.1. The van der Waals surface area contributed by atoms with Gasteiger partial charge in [-0.3, -0.25) is 14.4 Å². The number of carbonyl (C=O) groups is 2. The van der Waals surface area contributed by atoms with Gasteiger partial charge in [-0.25, -0.2) is 0 Å². The fourth-order valence-electron chi connectivity index (χ4n) is 7.13. The van der Waals surface area contributed by atoms with Gasteiger partial charge in [-0.2, -0.15) is 0 Å². The number of H-pyrrole nitrogens is 1. The fourth-order valence-corrected chi connectivity index (χ4v) is 7.13. The van der Waals surface area contributed by atoms with Crippen LogP contribution < -0.4 is 21.9 Å². The minimum absolute atomic E-state index is 0.0151. The first kappa shape index (κ1) is 33.6. The summed E-state index contributed by atoms with van der Waals surface area (Å²) < 4.78 is 0. The molecule has 0 radical (unpaired) electrons. The lowest BCUT2D eigenvalue weighted by molar-refractivity contribution is -0.123. The summed E-state index contributed by atoms with van der Waals surface area (Å²) in [6.45, 7) is 3.32. The van der Waals surface area contributed by atoms with Gasteiger partial charge in [-0.05, 0) is 65.4 Å². The van der Waals surface area contributed by atoms with Gasteiger partial charge in [0.2, 0.25) is 11.5 Å². The Labute approximate surface area is 284 Å². The fraction of sp³-hybridized carbons (Fsp3) is 0.256. The summed E-state index contributed by atoms with van der Waals surface area (Å²) in [5, 5.41) is 27.7. The number of fused-ring (bicyclic) bond motifs is 1. The van der Waals surface area contributed by atoms with Gasteiger partial charge in [0.15, 0.2) is 0 Å². The van der Waals surface area contributed by atoms with Crippen LogP contribution in [-0.2, 0) is 16.8 Å². The summed E-state index contributed by atoms with van der Waals surface area (Å²) in [6.07, 6.45) is -0.0617. The van der Waals surface area contributed by atoms with Crippen LogP contribution in [0.3, 0.4) is 0 Å². The monoisotopic (exact) mass is 659 g/mol. The number of hydrogen-bond acceptors (Lipinski definition) is 7. The molecule has 49 heavy (non-hydrogen) atoms. The number of phenols is 1. The number of hydrogen-bond donors (Lipinski definition) is 6. The minimum atomic E-state index is -0.948. The van der Waals surface area contributed by atoms with Gasteiger partial charge in [-0.15, -0.1) is 0 Å². The van der Waals surface area contributed by atoms with Crippen molar-refractivity contribution in [3.63, 3.8) is 0 Å². The van der Waals surface area contributed by atoms with E-state index >= 15 is 0 Å². The number of aliphatic hydroxyl groups is 1. The summed E-state index contributed by atoms with van der Waals surface area (Å²) in [4.78, 5) is 42.8. The number of nitrogens with one attached hydrogen (secondary N) is 3. The van der Waals surface area contributed by atoms with Gasteiger partial charge in [0.1, 0.15) is 11.2 Å². The molecule has 1 aliphatic rings. The van der Waals surface area contributed by atoms with Crippen molar-refractivity contribution in [2.24, 2.45) is 11.7 Å². The SMILES string of the molecule is NC(=O)C(c1ccccc1)(c1ccccc1)[C@@H]1CCN(CCNC(=O)c2ccc(CNC[C@H](O)c3ccc(O)c4[nH]c(=O)ccc34)cc2)C1. The number of amides is 2. The first-order chi connectivity index (χ1) is 23.8. The first-order valence-electron chi connectivity index (χ1n) is 16.5. The highest BCUT2D eigenvalue weighted by Crippen LogP contribution is 2.43. The Balaban J connectivity index is 1.00. The molecule has 10 heteroatoms. The predicted octanol–water partition coefficient (Wildman–Crippen LogP) is 3.58.